The van der Waals surface area contributed by atoms with Crippen LogP contribution in [0, 0.1) is 18.6 Å². The topological polar surface area (TPSA) is 91.6 Å². The second kappa shape index (κ2) is 14.3. The summed E-state index contributed by atoms with van der Waals surface area (Å²) in [6.45, 7) is 13.2. The standard InChI is InChI=1S/C40H47F2N3O6/c1-24-11-8-9-20-49-40(6)16-18-44(19-17-40)37-32(35(38(47)48-7)51-39(3,4)5)25(2)28(23-46)36-43-30(22-45(36)37)26-12-10-13-27(21-26)33-31(50-24)15-14-29(41)34(33)42/h10,12-15,21-24,35H,8-9,11,16-20H2,1-7H3. The Bertz CT molecular complexity index is 1940. The van der Waals surface area contributed by atoms with E-state index in [1.54, 1.807) is 25.1 Å². The van der Waals surface area contributed by atoms with Crippen LogP contribution in [0.3, 0.4) is 0 Å². The lowest BCUT2D eigenvalue weighted by molar-refractivity contribution is -0.164. The van der Waals surface area contributed by atoms with E-state index in [2.05, 4.69) is 11.8 Å². The number of aldehydes is 1. The maximum Gasteiger partial charge on any atom is 0.339 e. The molecule has 0 N–H and O–H groups in total. The Morgan fingerprint density at radius 2 is 1.84 bits per heavy atom. The van der Waals surface area contributed by atoms with Crippen LogP contribution in [0.1, 0.15) is 94.3 Å². The van der Waals surface area contributed by atoms with E-state index in [1.807, 2.05) is 44.4 Å². The van der Waals surface area contributed by atoms with Gasteiger partial charge in [0, 0.05) is 37.0 Å². The molecule has 272 valence electrons. The number of fused-ring (bicyclic) bond motifs is 8. The second-order valence-electron chi connectivity index (χ2n) is 14.9. The largest absolute Gasteiger partial charge is 0.490 e. The number of imidazole rings is 1. The highest BCUT2D eigenvalue weighted by atomic mass is 19.2. The monoisotopic (exact) mass is 703 g/mol. The van der Waals surface area contributed by atoms with Crippen LogP contribution in [-0.2, 0) is 19.0 Å². The van der Waals surface area contributed by atoms with Crippen LogP contribution in [0.15, 0.2) is 42.6 Å². The number of benzene rings is 2. The van der Waals surface area contributed by atoms with Crippen molar-refractivity contribution in [1.82, 2.24) is 9.38 Å². The number of halogens is 2. The number of methoxy groups -OCH3 is 1. The van der Waals surface area contributed by atoms with E-state index in [0.717, 1.165) is 38.0 Å². The molecular formula is C40H47F2N3O6. The number of hydrogen-bond donors (Lipinski definition) is 0. The maximum absolute atomic E-state index is 15.6. The molecule has 9 nitrogen and oxygen atoms in total. The summed E-state index contributed by atoms with van der Waals surface area (Å²) in [6, 6.07) is 9.58. The van der Waals surface area contributed by atoms with Crippen molar-refractivity contribution in [3.05, 3.63) is 70.9 Å². The molecule has 1 saturated heterocycles. The number of esters is 1. The Balaban J connectivity index is 1.61. The number of carbonyl (C=O) groups is 2. The lowest BCUT2D eigenvalue weighted by Crippen LogP contribution is -2.45. The number of ether oxygens (including phenoxy) is 4. The average Bonchev–Trinajstić information content (AvgIpc) is 3.53. The van der Waals surface area contributed by atoms with E-state index < -0.39 is 29.3 Å². The van der Waals surface area contributed by atoms with Gasteiger partial charge in [-0.1, -0.05) is 18.2 Å². The van der Waals surface area contributed by atoms with Gasteiger partial charge in [0.2, 0.25) is 0 Å². The zero-order valence-electron chi connectivity index (χ0n) is 30.5. The molecule has 0 spiro atoms. The van der Waals surface area contributed by atoms with Gasteiger partial charge in [0.05, 0.1) is 41.2 Å². The highest BCUT2D eigenvalue weighted by molar-refractivity contribution is 5.92. The first kappa shape index (κ1) is 36.4. The van der Waals surface area contributed by atoms with E-state index in [9.17, 15) is 14.0 Å². The number of aromatic nitrogens is 2. The highest BCUT2D eigenvalue weighted by Crippen LogP contribution is 2.42. The van der Waals surface area contributed by atoms with Crippen molar-refractivity contribution in [3.63, 3.8) is 0 Å². The zero-order chi connectivity index (χ0) is 36.7. The van der Waals surface area contributed by atoms with Crippen molar-refractivity contribution in [1.29, 1.82) is 0 Å². The first-order valence-corrected chi connectivity index (χ1v) is 17.6. The minimum absolute atomic E-state index is 0.0224. The molecule has 5 heterocycles. The maximum atomic E-state index is 15.6. The van der Waals surface area contributed by atoms with Gasteiger partial charge >= 0.3 is 5.97 Å². The van der Waals surface area contributed by atoms with Gasteiger partial charge in [-0.15, -0.1) is 0 Å². The third kappa shape index (κ3) is 7.37. The van der Waals surface area contributed by atoms with E-state index in [-0.39, 0.29) is 23.0 Å². The van der Waals surface area contributed by atoms with Gasteiger partial charge in [0.25, 0.3) is 0 Å². The number of piperidine rings is 1. The average molecular weight is 704 g/mol. The Hall–Kier alpha value is -4.35. The molecule has 0 radical (unpaired) electrons. The number of rotatable bonds is 4. The van der Waals surface area contributed by atoms with Crippen molar-refractivity contribution in [3.8, 4) is 28.1 Å². The summed E-state index contributed by atoms with van der Waals surface area (Å²) in [5.74, 6) is -1.66. The number of carbonyl (C=O) groups excluding carboxylic acids is 2. The van der Waals surface area contributed by atoms with Crippen molar-refractivity contribution in [2.75, 3.05) is 31.7 Å². The van der Waals surface area contributed by atoms with Gasteiger partial charge in [0.1, 0.15) is 17.2 Å². The van der Waals surface area contributed by atoms with Crippen molar-refractivity contribution in [2.24, 2.45) is 0 Å². The van der Waals surface area contributed by atoms with Crippen LogP contribution in [0.5, 0.6) is 5.75 Å². The fourth-order valence-electron chi connectivity index (χ4n) is 7.14. The summed E-state index contributed by atoms with van der Waals surface area (Å²) in [5, 5.41) is 0. The predicted octanol–water partition coefficient (Wildman–Crippen LogP) is 8.42. The first-order valence-electron chi connectivity index (χ1n) is 17.6. The highest BCUT2D eigenvalue weighted by Gasteiger charge is 2.38. The van der Waals surface area contributed by atoms with Crippen molar-refractivity contribution < 1.29 is 37.3 Å². The summed E-state index contributed by atoms with van der Waals surface area (Å²) < 4.78 is 56.6. The molecule has 2 atom stereocenters. The summed E-state index contributed by atoms with van der Waals surface area (Å²) in [4.78, 5) is 33.5. The summed E-state index contributed by atoms with van der Waals surface area (Å²) in [6.07, 6.45) is 5.00. The fourth-order valence-corrected chi connectivity index (χ4v) is 7.14. The van der Waals surface area contributed by atoms with Crippen LogP contribution in [-0.4, -0.2) is 65.8 Å². The predicted molar refractivity (Wildman–Crippen MR) is 191 cm³/mol. The van der Waals surface area contributed by atoms with Gasteiger partial charge in [-0.25, -0.2) is 18.6 Å². The van der Waals surface area contributed by atoms with Crippen molar-refractivity contribution in [2.45, 2.75) is 97.1 Å². The Morgan fingerprint density at radius 1 is 1.12 bits per heavy atom. The summed E-state index contributed by atoms with van der Waals surface area (Å²) in [7, 11) is 1.32. The molecule has 51 heavy (non-hydrogen) atoms. The van der Waals surface area contributed by atoms with Crippen molar-refractivity contribution >= 4 is 23.7 Å². The number of nitrogens with zero attached hydrogens (tertiary/aromatic N) is 3. The van der Waals surface area contributed by atoms with Gasteiger partial charge in [-0.3, -0.25) is 9.20 Å². The number of hydrogen-bond acceptors (Lipinski definition) is 8. The third-order valence-electron chi connectivity index (χ3n) is 9.90. The molecule has 3 aliphatic heterocycles. The van der Waals surface area contributed by atoms with Crippen LogP contribution in [0.25, 0.3) is 28.0 Å². The molecule has 7 rings (SSSR count). The Kier molecular flexibility index (Phi) is 10.3. The van der Waals surface area contributed by atoms with E-state index in [1.165, 1.54) is 13.2 Å². The smallest absolute Gasteiger partial charge is 0.339 e. The fraction of sp³-hybridized carbons (Fsp3) is 0.475. The van der Waals surface area contributed by atoms with Crippen LogP contribution in [0.4, 0.5) is 14.6 Å². The van der Waals surface area contributed by atoms with Gasteiger partial charge in [0.15, 0.2) is 24.0 Å². The molecule has 0 amide bonds. The Morgan fingerprint density at radius 3 is 2.53 bits per heavy atom. The van der Waals surface area contributed by atoms with E-state index >= 15 is 4.39 Å². The Labute approximate surface area is 297 Å². The molecule has 3 aliphatic rings. The molecule has 0 aliphatic carbocycles. The minimum Gasteiger partial charge on any atom is -0.490 e. The zero-order valence-corrected chi connectivity index (χ0v) is 30.5. The normalized spacial score (nSPS) is 20.5. The molecule has 4 aromatic rings. The molecule has 0 saturated carbocycles. The molecular weight excluding hydrogens is 656 g/mol. The molecule has 2 aromatic heterocycles. The van der Waals surface area contributed by atoms with Crippen LogP contribution >= 0.6 is 0 Å². The quantitative estimate of drug-likeness (QED) is 0.155. The second-order valence-corrected chi connectivity index (χ2v) is 14.9. The lowest BCUT2D eigenvalue weighted by atomic mass is 9.91. The summed E-state index contributed by atoms with van der Waals surface area (Å²) >= 11 is 0. The first-order chi connectivity index (χ1) is 24.2. The molecule has 1 fully saturated rings. The number of pyridine rings is 1. The van der Waals surface area contributed by atoms with Gasteiger partial charge in [-0.05, 0) is 103 Å². The van der Waals surface area contributed by atoms with Gasteiger partial charge in [-0.2, -0.15) is 0 Å². The molecule has 2 aromatic carbocycles. The summed E-state index contributed by atoms with van der Waals surface area (Å²) in [5.41, 5.74) is 2.23. The lowest BCUT2D eigenvalue weighted by Gasteiger charge is -2.42. The molecule has 11 heteroatoms. The molecule has 2 unspecified atom stereocenters. The third-order valence-corrected chi connectivity index (χ3v) is 9.90. The van der Waals surface area contributed by atoms with Gasteiger partial charge < -0.3 is 23.8 Å². The van der Waals surface area contributed by atoms with E-state index in [0.29, 0.717) is 71.1 Å². The van der Waals surface area contributed by atoms with Crippen LogP contribution < -0.4 is 9.64 Å². The van der Waals surface area contributed by atoms with Crippen LogP contribution in [0.2, 0.25) is 0 Å². The minimum atomic E-state index is -1.14. The molecule has 6 bridgehead atoms. The number of anilines is 1. The van der Waals surface area contributed by atoms with E-state index in [4.69, 9.17) is 23.9 Å². The SMILES string of the molecule is COC(=O)C(OC(C)(C)C)c1c(C)c(C=O)c2nc3cn2c1N1CCC(C)(CC1)OCCCCC(C)Oc1ccc(F)c(F)c1-c1cccc-3c1.